The summed E-state index contributed by atoms with van der Waals surface area (Å²) in [6, 6.07) is 4.40. The predicted molar refractivity (Wildman–Crippen MR) is 72.6 cm³/mol. The molecule has 20 heavy (non-hydrogen) atoms. The largest absolute Gasteiger partial charge is 0.496 e. The Bertz CT molecular complexity index is 490. The van der Waals surface area contributed by atoms with Crippen LogP contribution < -0.4 is 4.74 Å². The van der Waals surface area contributed by atoms with Crippen LogP contribution in [0.25, 0.3) is 0 Å². The standard InChI is InChI=1S/C13H18N2O5/c1-4-14(9-13(16)20-3)8-10-7-11(15(17)18)5-6-12(10)19-2/h5-7H,4,8-9H2,1-3H3. The summed E-state index contributed by atoms with van der Waals surface area (Å²) >= 11 is 0. The molecule has 1 aromatic rings. The summed E-state index contributed by atoms with van der Waals surface area (Å²) in [5.41, 5.74) is 0.655. The molecule has 0 fully saturated rings. The molecule has 0 aromatic heterocycles. The Hall–Kier alpha value is -2.15. The molecule has 0 aliphatic carbocycles. The normalized spacial score (nSPS) is 10.4. The van der Waals surface area contributed by atoms with Gasteiger partial charge < -0.3 is 9.47 Å². The maximum absolute atomic E-state index is 11.3. The van der Waals surface area contributed by atoms with Crippen molar-refractivity contribution in [2.45, 2.75) is 13.5 Å². The average Bonchev–Trinajstić information content (AvgIpc) is 2.45. The van der Waals surface area contributed by atoms with Gasteiger partial charge in [0, 0.05) is 24.2 Å². The molecule has 1 aromatic carbocycles. The molecule has 7 nitrogen and oxygen atoms in total. The summed E-state index contributed by atoms with van der Waals surface area (Å²) < 4.78 is 9.81. The molecule has 1 rings (SSSR count). The van der Waals surface area contributed by atoms with Crippen molar-refractivity contribution in [1.82, 2.24) is 4.90 Å². The molecule has 0 spiro atoms. The van der Waals surface area contributed by atoms with E-state index in [2.05, 4.69) is 4.74 Å². The minimum absolute atomic E-state index is 0.00470. The molecule has 0 heterocycles. The number of carbonyl (C=O) groups excluding carboxylic acids is 1. The van der Waals surface area contributed by atoms with Crippen molar-refractivity contribution >= 4 is 11.7 Å². The SMILES string of the molecule is CCN(CC(=O)OC)Cc1cc([N+](=O)[O-])ccc1OC. The molecule has 0 amide bonds. The molecule has 0 aliphatic rings. The number of methoxy groups -OCH3 is 2. The molecule has 110 valence electrons. The summed E-state index contributed by atoms with van der Waals surface area (Å²) in [7, 11) is 2.82. The summed E-state index contributed by atoms with van der Waals surface area (Å²) in [6.45, 7) is 3.00. The lowest BCUT2D eigenvalue weighted by molar-refractivity contribution is -0.384. The highest BCUT2D eigenvalue weighted by Crippen LogP contribution is 2.25. The average molecular weight is 282 g/mol. The highest BCUT2D eigenvalue weighted by Gasteiger charge is 2.15. The summed E-state index contributed by atoms with van der Waals surface area (Å²) in [4.78, 5) is 23.5. The van der Waals surface area contributed by atoms with Gasteiger partial charge in [0.05, 0.1) is 25.7 Å². The Morgan fingerprint density at radius 1 is 1.40 bits per heavy atom. The van der Waals surface area contributed by atoms with Crippen LogP contribution in [-0.4, -0.2) is 43.1 Å². The van der Waals surface area contributed by atoms with Gasteiger partial charge in [-0.05, 0) is 12.6 Å². The van der Waals surface area contributed by atoms with E-state index < -0.39 is 4.92 Å². The maximum Gasteiger partial charge on any atom is 0.319 e. The number of non-ortho nitro benzene ring substituents is 1. The fourth-order valence-corrected chi connectivity index (χ4v) is 1.77. The molecule has 0 unspecified atom stereocenters. The highest BCUT2D eigenvalue weighted by molar-refractivity contribution is 5.71. The van der Waals surface area contributed by atoms with Crippen molar-refractivity contribution in [3.63, 3.8) is 0 Å². The highest BCUT2D eigenvalue weighted by atomic mass is 16.6. The van der Waals surface area contributed by atoms with Crippen molar-refractivity contribution < 1.29 is 19.2 Å². The van der Waals surface area contributed by atoms with Crippen LogP contribution in [0.1, 0.15) is 12.5 Å². The molecule has 0 aliphatic heterocycles. The summed E-state index contributed by atoms with van der Waals surface area (Å²) in [5.74, 6) is 0.204. The van der Waals surface area contributed by atoms with Crippen LogP contribution in [0.5, 0.6) is 5.75 Å². The van der Waals surface area contributed by atoms with Crippen LogP contribution in [0.15, 0.2) is 18.2 Å². The second-order valence-electron chi connectivity index (χ2n) is 4.13. The van der Waals surface area contributed by atoms with Crippen LogP contribution in [0.2, 0.25) is 0 Å². The summed E-state index contributed by atoms with van der Waals surface area (Å²) in [6.07, 6.45) is 0. The third-order valence-electron chi connectivity index (χ3n) is 2.90. The zero-order valence-electron chi connectivity index (χ0n) is 11.8. The van der Waals surface area contributed by atoms with E-state index in [1.165, 1.54) is 26.4 Å². The van der Waals surface area contributed by atoms with Gasteiger partial charge in [-0.3, -0.25) is 19.8 Å². The number of esters is 1. The van der Waals surface area contributed by atoms with Crippen molar-refractivity contribution in [2.75, 3.05) is 27.3 Å². The lowest BCUT2D eigenvalue weighted by Gasteiger charge is -2.20. The Morgan fingerprint density at radius 3 is 2.60 bits per heavy atom. The number of carbonyl (C=O) groups is 1. The molecular weight excluding hydrogens is 264 g/mol. The van der Waals surface area contributed by atoms with Gasteiger partial charge in [0.2, 0.25) is 0 Å². The number of ether oxygens (including phenoxy) is 2. The molecular formula is C13H18N2O5. The van der Waals surface area contributed by atoms with E-state index in [0.717, 1.165) is 0 Å². The molecule has 0 radical (unpaired) electrons. The van der Waals surface area contributed by atoms with Crippen LogP contribution in [0.4, 0.5) is 5.69 Å². The number of hydrogen-bond donors (Lipinski definition) is 0. The second-order valence-corrected chi connectivity index (χ2v) is 4.13. The van der Waals surface area contributed by atoms with Gasteiger partial charge in [0.1, 0.15) is 5.75 Å². The zero-order chi connectivity index (χ0) is 15.1. The lowest BCUT2D eigenvalue weighted by Crippen LogP contribution is -2.30. The fourth-order valence-electron chi connectivity index (χ4n) is 1.77. The van der Waals surface area contributed by atoms with E-state index in [4.69, 9.17) is 4.74 Å². The van der Waals surface area contributed by atoms with E-state index in [1.54, 1.807) is 6.07 Å². The fraction of sp³-hybridized carbons (Fsp3) is 0.462. The number of nitro benzene ring substituents is 1. The first-order valence-corrected chi connectivity index (χ1v) is 6.12. The lowest BCUT2D eigenvalue weighted by atomic mass is 10.1. The molecule has 0 saturated heterocycles. The number of nitrogens with zero attached hydrogens (tertiary/aromatic N) is 2. The minimum atomic E-state index is -0.459. The van der Waals surface area contributed by atoms with Crippen LogP contribution in [-0.2, 0) is 16.1 Å². The third kappa shape index (κ3) is 4.20. The van der Waals surface area contributed by atoms with Crippen molar-refractivity contribution in [1.29, 1.82) is 0 Å². The quantitative estimate of drug-likeness (QED) is 0.429. The Kier molecular flexibility index (Phi) is 5.92. The van der Waals surface area contributed by atoms with E-state index in [-0.39, 0.29) is 18.2 Å². The van der Waals surface area contributed by atoms with Crippen molar-refractivity contribution in [2.24, 2.45) is 0 Å². The first-order chi connectivity index (χ1) is 9.51. The first-order valence-electron chi connectivity index (χ1n) is 6.12. The Balaban J connectivity index is 2.95. The molecule has 0 bridgehead atoms. The van der Waals surface area contributed by atoms with E-state index in [9.17, 15) is 14.9 Å². The van der Waals surface area contributed by atoms with Crippen LogP contribution >= 0.6 is 0 Å². The second kappa shape index (κ2) is 7.44. The van der Waals surface area contributed by atoms with Gasteiger partial charge in [-0.25, -0.2) is 0 Å². The van der Waals surface area contributed by atoms with E-state index in [0.29, 0.717) is 24.4 Å². The Labute approximate surface area is 117 Å². The topological polar surface area (TPSA) is 81.9 Å². The number of benzene rings is 1. The van der Waals surface area contributed by atoms with Crippen molar-refractivity contribution in [3.8, 4) is 5.75 Å². The van der Waals surface area contributed by atoms with Gasteiger partial charge in [-0.2, -0.15) is 0 Å². The van der Waals surface area contributed by atoms with Crippen LogP contribution in [0, 0.1) is 10.1 Å². The number of rotatable bonds is 7. The molecule has 0 saturated carbocycles. The zero-order valence-corrected chi connectivity index (χ0v) is 11.8. The van der Waals surface area contributed by atoms with Gasteiger partial charge in [0.25, 0.3) is 5.69 Å². The monoisotopic (exact) mass is 282 g/mol. The van der Waals surface area contributed by atoms with Crippen molar-refractivity contribution in [3.05, 3.63) is 33.9 Å². The van der Waals surface area contributed by atoms with Gasteiger partial charge in [-0.1, -0.05) is 6.92 Å². The number of nitro groups is 1. The maximum atomic E-state index is 11.3. The first kappa shape index (κ1) is 15.9. The van der Waals surface area contributed by atoms with Crippen LogP contribution in [0.3, 0.4) is 0 Å². The number of likely N-dealkylation sites (N-methyl/N-ethyl adjacent to an activating group) is 1. The van der Waals surface area contributed by atoms with E-state index in [1.807, 2.05) is 11.8 Å². The predicted octanol–water partition coefficient (Wildman–Crippen LogP) is 1.60. The minimum Gasteiger partial charge on any atom is -0.496 e. The van der Waals surface area contributed by atoms with Gasteiger partial charge in [-0.15, -0.1) is 0 Å². The summed E-state index contributed by atoms with van der Waals surface area (Å²) in [5, 5.41) is 10.8. The Morgan fingerprint density at radius 2 is 2.10 bits per heavy atom. The third-order valence-corrected chi connectivity index (χ3v) is 2.90. The molecule has 0 N–H and O–H groups in total. The molecule has 0 atom stereocenters. The number of hydrogen-bond acceptors (Lipinski definition) is 6. The van der Waals surface area contributed by atoms with Gasteiger partial charge in [0.15, 0.2) is 0 Å². The smallest absolute Gasteiger partial charge is 0.319 e. The van der Waals surface area contributed by atoms with Gasteiger partial charge >= 0.3 is 5.97 Å². The van der Waals surface area contributed by atoms with E-state index >= 15 is 0 Å². The molecule has 7 heteroatoms.